The number of fused-ring (bicyclic) bond motifs is 1. The van der Waals surface area contributed by atoms with Crippen molar-refractivity contribution in [1.29, 1.82) is 0 Å². The Kier molecular flexibility index (Phi) is 1.81. The van der Waals surface area contributed by atoms with Crippen LogP contribution in [0.5, 0.6) is 0 Å². The lowest BCUT2D eigenvalue weighted by Crippen LogP contribution is -1.96. The predicted octanol–water partition coefficient (Wildman–Crippen LogP) is 2.29. The number of halogens is 1. The fourth-order valence-electron chi connectivity index (χ4n) is 1.09. The highest BCUT2D eigenvalue weighted by atomic mass is 79.9. The molecule has 0 aliphatic heterocycles. The number of para-hydroxylation sites is 1. The molecule has 0 aliphatic rings. The van der Waals surface area contributed by atoms with E-state index >= 15 is 0 Å². The van der Waals surface area contributed by atoms with Crippen LogP contribution < -0.4 is 0 Å². The van der Waals surface area contributed by atoms with E-state index in [0.29, 0.717) is 11.1 Å². The number of nitrogens with zero attached hydrogens (tertiary/aromatic N) is 1. The zero-order valence-corrected chi connectivity index (χ0v) is 7.91. The number of carboxylic acids is 1. The van der Waals surface area contributed by atoms with Crippen molar-refractivity contribution >= 4 is 33.0 Å². The Balaban J connectivity index is 2.82. The first-order chi connectivity index (χ1) is 6.18. The summed E-state index contributed by atoms with van der Waals surface area (Å²) in [4.78, 5) is 14.9. The van der Waals surface area contributed by atoms with Crippen LogP contribution in [0.2, 0.25) is 0 Å². The summed E-state index contributed by atoms with van der Waals surface area (Å²) in [7, 11) is 0. The third kappa shape index (κ3) is 1.31. The lowest BCUT2D eigenvalue weighted by atomic mass is 10.2. The lowest BCUT2D eigenvalue weighted by Gasteiger charge is -1.92. The number of hydrogen-bond donors (Lipinski definition) is 1. The van der Waals surface area contributed by atoms with E-state index in [9.17, 15) is 4.79 Å². The van der Waals surface area contributed by atoms with E-state index < -0.39 is 5.97 Å². The van der Waals surface area contributed by atoms with Crippen LogP contribution in [0.15, 0.2) is 27.4 Å². The van der Waals surface area contributed by atoms with Gasteiger partial charge < -0.3 is 9.52 Å². The van der Waals surface area contributed by atoms with Gasteiger partial charge in [0.2, 0.25) is 0 Å². The predicted molar refractivity (Wildman–Crippen MR) is 48.7 cm³/mol. The monoisotopic (exact) mass is 241 g/mol. The van der Waals surface area contributed by atoms with E-state index in [1.807, 2.05) is 0 Å². The molecule has 5 heteroatoms. The van der Waals surface area contributed by atoms with Crippen LogP contribution in [-0.4, -0.2) is 16.1 Å². The van der Waals surface area contributed by atoms with Crippen molar-refractivity contribution < 1.29 is 14.3 Å². The van der Waals surface area contributed by atoms with Crippen molar-refractivity contribution in [2.75, 3.05) is 0 Å². The average molecular weight is 242 g/mol. The topological polar surface area (TPSA) is 63.3 Å². The van der Waals surface area contributed by atoms with Gasteiger partial charge in [-0.25, -0.2) is 9.78 Å². The third-order valence-corrected chi connectivity index (χ3v) is 1.96. The lowest BCUT2D eigenvalue weighted by molar-refractivity contribution is 0.0699. The van der Waals surface area contributed by atoms with Crippen LogP contribution in [0.4, 0.5) is 0 Å². The second-order valence-corrected chi connectivity index (χ2v) is 3.10. The van der Waals surface area contributed by atoms with Crippen molar-refractivity contribution in [3.05, 3.63) is 28.6 Å². The van der Waals surface area contributed by atoms with E-state index in [1.165, 1.54) is 6.07 Å². The highest BCUT2D eigenvalue weighted by Crippen LogP contribution is 2.22. The van der Waals surface area contributed by atoms with Crippen LogP contribution in [0.3, 0.4) is 0 Å². The van der Waals surface area contributed by atoms with Gasteiger partial charge in [0.15, 0.2) is 5.58 Å². The Morgan fingerprint density at radius 3 is 3.00 bits per heavy atom. The first kappa shape index (κ1) is 8.25. The minimum absolute atomic E-state index is 0.145. The summed E-state index contributed by atoms with van der Waals surface area (Å²) in [6.07, 6.45) is 0. The van der Waals surface area contributed by atoms with Gasteiger partial charge in [0.05, 0.1) is 5.56 Å². The minimum Gasteiger partial charge on any atom is -0.478 e. The molecule has 0 radical (unpaired) electrons. The van der Waals surface area contributed by atoms with Gasteiger partial charge >= 0.3 is 5.97 Å². The Morgan fingerprint density at radius 1 is 1.54 bits per heavy atom. The first-order valence-electron chi connectivity index (χ1n) is 3.47. The number of carboxylic acid groups (broad SMARTS) is 1. The fourth-order valence-corrected chi connectivity index (χ4v) is 1.45. The first-order valence-corrected chi connectivity index (χ1v) is 4.26. The van der Waals surface area contributed by atoms with Crippen molar-refractivity contribution in [3.8, 4) is 0 Å². The second-order valence-electron chi connectivity index (χ2n) is 2.42. The molecule has 0 saturated heterocycles. The number of rotatable bonds is 1. The van der Waals surface area contributed by atoms with Crippen molar-refractivity contribution in [2.24, 2.45) is 0 Å². The molecule has 0 atom stereocenters. The Bertz CT molecular complexity index is 477. The molecule has 0 fully saturated rings. The standard InChI is InChI=1S/C8H4BrNO3/c9-8-10-6-4(7(11)12)2-1-3-5(6)13-8/h1-3H,(H,11,12). The molecule has 1 heterocycles. The summed E-state index contributed by atoms with van der Waals surface area (Å²) in [6.45, 7) is 0. The number of aromatic nitrogens is 1. The van der Waals surface area contributed by atoms with Gasteiger partial charge in [-0.1, -0.05) is 6.07 Å². The van der Waals surface area contributed by atoms with Gasteiger partial charge in [-0.3, -0.25) is 0 Å². The maximum Gasteiger partial charge on any atom is 0.338 e. The molecule has 1 aromatic heterocycles. The fraction of sp³-hybridized carbons (Fsp3) is 0. The molecule has 1 aromatic carbocycles. The van der Waals surface area contributed by atoms with Gasteiger partial charge in [0.25, 0.3) is 4.80 Å². The van der Waals surface area contributed by atoms with E-state index in [0.717, 1.165) is 0 Å². The maximum absolute atomic E-state index is 10.7. The zero-order chi connectivity index (χ0) is 9.42. The molecule has 1 N–H and O–H groups in total. The van der Waals surface area contributed by atoms with Crippen LogP contribution in [0.1, 0.15) is 10.4 Å². The Hall–Kier alpha value is -1.36. The molecule has 2 aromatic rings. The number of benzene rings is 1. The van der Waals surface area contributed by atoms with E-state index in [2.05, 4.69) is 20.9 Å². The Labute approximate surface area is 81.3 Å². The highest BCUT2D eigenvalue weighted by Gasteiger charge is 2.12. The quantitative estimate of drug-likeness (QED) is 0.833. The van der Waals surface area contributed by atoms with Crippen LogP contribution in [-0.2, 0) is 0 Å². The number of hydrogen-bond acceptors (Lipinski definition) is 3. The smallest absolute Gasteiger partial charge is 0.338 e. The van der Waals surface area contributed by atoms with E-state index in [1.54, 1.807) is 12.1 Å². The summed E-state index contributed by atoms with van der Waals surface area (Å²) >= 11 is 3.04. The molecule has 66 valence electrons. The zero-order valence-electron chi connectivity index (χ0n) is 6.32. The molecule has 0 aliphatic carbocycles. The van der Waals surface area contributed by atoms with Crippen molar-refractivity contribution in [1.82, 2.24) is 4.98 Å². The molecule has 13 heavy (non-hydrogen) atoms. The highest BCUT2D eigenvalue weighted by molar-refractivity contribution is 9.10. The molecule has 4 nitrogen and oxygen atoms in total. The summed E-state index contributed by atoms with van der Waals surface area (Å²) in [6, 6.07) is 4.77. The van der Waals surface area contributed by atoms with Gasteiger partial charge in [-0.05, 0) is 12.1 Å². The molecule has 0 spiro atoms. The van der Waals surface area contributed by atoms with E-state index in [4.69, 9.17) is 9.52 Å². The van der Waals surface area contributed by atoms with Gasteiger partial charge in [0.1, 0.15) is 5.52 Å². The van der Waals surface area contributed by atoms with Crippen LogP contribution >= 0.6 is 15.9 Å². The normalized spacial score (nSPS) is 10.5. The number of oxazole rings is 1. The number of aromatic carboxylic acids is 1. The minimum atomic E-state index is -1.01. The summed E-state index contributed by atoms with van der Waals surface area (Å²) in [5.41, 5.74) is 0.973. The molecular formula is C8H4BrNO3. The average Bonchev–Trinajstić information content (AvgIpc) is 2.43. The van der Waals surface area contributed by atoms with Crippen LogP contribution in [0.25, 0.3) is 11.1 Å². The Morgan fingerprint density at radius 2 is 2.31 bits per heavy atom. The SMILES string of the molecule is O=C(O)c1cccc2oc(Br)nc12. The number of carbonyl (C=O) groups is 1. The molecule has 0 amide bonds. The van der Waals surface area contributed by atoms with Gasteiger partial charge in [-0.15, -0.1) is 0 Å². The molecule has 0 bridgehead atoms. The molecule has 0 unspecified atom stereocenters. The van der Waals surface area contributed by atoms with Gasteiger partial charge in [-0.2, -0.15) is 0 Å². The molecular weight excluding hydrogens is 238 g/mol. The second kappa shape index (κ2) is 2.85. The largest absolute Gasteiger partial charge is 0.478 e. The van der Waals surface area contributed by atoms with Gasteiger partial charge in [0, 0.05) is 15.9 Å². The summed E-state index contributed by atoms with van der Waals surface area (Å²) in [5.74, 6) is -1.01. The van der Waals surface area contributed by atoms with Crippen molar-refractivity contribution in [2.45, 2.75) is 0 Å². The van der Waals surface area contributed by atoms with Crippen LogP contribution in [0, 0.1) is 0 Å². The summed E-state index contributed by atoms with van der Waals surface area (Å²) in [5, 5.41) is 8.80. The van der Waals surface area contributed by atoms with Crippen molar-refractivity contribution in [3.63, 3.8) is 0 Å². The van der Waals surface area contributed by atoms with E-state index in [-0.39, 0.29) is 10.4 Å². The summed E-state index contributed by atoms with van der Waals surface area (Å²) < 4.78 is 5.10. The maximum atomic E-state index is 10.7. The molecule has 2 rings (SSSR count). The third-order valence-electron chi connectivity index (χ3n) is 1.62. The molecule has 0 saturated carbocycles.